The lowest BCUT2D eigenvalue weighted by molar-refractivity contribution is -0.153. The van der Waals surface area contributed by atoms with Crippen molar-refractivity contribution in [3.05, 3.63) is 11.6 Å². The van der Waals surface area contributed by atoms with Crippen molar-refractivity contribution in [1.29, 1.82) is 0 Å². The van der Waals surface area contributed by atoms with Crippen LogP contribution < -0.4 is 0 Å². The van der Waals surface area contributed by atoms with E-state index in [4.69, 9.17) is 9.47 Å². The van der Waals surface area contributed by atoms with Gasteiger partial charge in [-0.2, -0.15) is 0 Å². The highest BCUT2D eigenvalue weighted by molar-refractivity contribution is 5.95. The first-order valence-electron chi connectivity index (χ1n) is 14.4. The number of aliphatic hydroxyl groups excluding tert-OH is 2. The molecule has 5 aliphatic rings. The summed E-state index contributed by atoms with van der Waals surface area (Å²) >= 11 is 0. The first-order valence-corrected chi connectivity index (χ1v) is 14.4. The number of ketones is 1. The lowest BCUT2D eigenvalue weighted by Gasteiger charge is -2.60. The first-order chi connectivity index (χ1) is 18.0. The van der Waals surface area contributed by atoms with E-state index < -0.39 is 28.6 Å². The van der Waals surface area contributed by atoms with Crippen LogP contribution in [0.2, 0.25) is 0 Å². The Kier molecular flexibility index (Phi) is 7.48. The minimum Gasteiger partial charge on any atom is -0.390 e. The number of nitrogens with zero attached hydrogens (tertiary/aromatic N) is 2. The summed E-state index contributed by atoms with van der Waals surface area (Å²) in [5, 5.41) is 33.4. The summed E-state index contributed by atoms with van der Waals surface area (Å²) in [5.74, 6) is -0.341. The molecule has 9 nitrogen and oxygen atoms in total. The van der Waals surface area contributed by atoms with Crippen molar-refractivity contribution in [2.45, 2.75) is 83.1 Å². The molecule has 1 heterocycles. The molecule has 5 rings (SSSR count). The highest BCUT2D eigenvalue weighted by Crippen LogP contribution is 2.67. The second-order valence-electron chi connectivity index (χ2n) is 13.0. The number of allylic oxidation sites excluding steroid dienone is 1. The monoisotopic (exact) mass is 534 g/mol. The first kappa shape index (κ1) is 28.0. The Hall–Kier alpha value is -1.52. The molecular weight excluding hydrogens is 488 g/mol. The minimum atomic E-state index is -1.14. The van der Waals surface area contributed by atoms with E-state index >= 15 is 0 Å². The number of methoxy groups -OCH3 is 1. The molecule has 0 aromatic rings. The SMILES string of the molecule is COCCN(C(=O)N1CCOCC1)C(C)[C@H]1CC[C@@]2(O)C3=CC(=O)[C@@H]4C[C@@H](O)[C@@H](O)C[C@]4(C)C3CC[C@]12C. The molecule has 2 unspecified atom stereocenters. The van der Waals surface area contributed by atoms with Crippen LogP contribution in [0.5, 0.6) is 0 Å². The van der Waals surface area contributed by atoms with Gasteiger partial charge in [0.1, 0.15) is 0 Å². The molecule has 0 radical (unpaired) electrons. The third kappa shape index (κ3) is 4.15. The third-order valence-electron chi connectivity index (χ3n) is 11.3. The predicted molar refractivity (Wildman–Crippen MR) is 140 cm³/mol. The highest BCUT2D eigenvalue weighted by atomic mass is 16.5. The van der Waals surface area contributed by atoms with Gasteiger partial charge in [0.05, 0.1) is 37.6 Å². The van der Waals surface area contributed by atoms with Gasteiger partial charge in [-0.1, -0.05) is 13.8 Å². The van der Waals surface area contributed by atoms with Gasteiger partial charge >= 0.3 is 6.03 Å². The van der Waals surface area contributed by atoms with Crippen LogP contribution in [0.3, 0.4) is 0 Å². The number of fused-ring (bicyclic) bond motifs is 5. The number of amides is 2. The van der Waals surface area contributed by atoms with E-state index in [2.05, 4.69) is 20.8 Å². The lowest BCUT2D eigenvalue weighted by Crippen LogP contribution is -2.62. The van der Waals surface area contributed by atoms with Crippen molar-refractivity contribution in [3.8, 4) is 0 Å². The Balaban J connectivity index is 1.44. The molecule has 4 aliphatic carbocycles. The molecule has 2 amide bonds. The molecule has 9 heteroatoms. The largest absolute Gasteiger partial charge is 0.390 e. The van der Waals surface area contributed by atoms with Crippen molar-refractivity contribution >= 4 is 11.8 Å². The molecule has 0 bridgehead atoms. The quantitative estimate of drug-likeness (QED) is 0.493. The Morgan fingerprint density at radius 3 is 2.58 bits per heavy atom. The number of morpholine rings is 1. The van der Waals surface area contributed by atoms with E-state index in [1.165, 1.54) is 0 Å². The Morgan fingerprint density at radius 2 is 1.89 bits per heavy atom. The number of hydrogen-bond donors (Lipinski definition) is 3. The molecule has 0 aromatic carbocycles. The van der Waals surface area contributed by atoms with Crippen molar-refractivity contribution in [2.24, 2.45) is 28.6 Å². The van der Waals surface area contributed by atoms with Crippen LogP contribution in [0, 0.1) is 28.6 Å². The van der Waals surface area contributed by atoms with E-state index in [1.54, 1.807) is 13.2 Å². The van der Waals surface area contributed by atoms with Crippen molar-refractivity contribution in [1.82, 2.24) is 9.80 Å². The molecule has 0 spiro atoms. The minimum absolute atomic E-state index is 0.0114. The van der Waals surface area contributed by atoms with Gasteiger partial charge in [0.15, 0.2) is 5.78 Å². The fourth-order valence-electron chi connectivity index (χ4n) is 9.00. The van der Waals surface area contributed by atoms with Gasteiger partial charge in [0.2, 0.25) is 0 Å². The van der Waals surface area contributed by atoms with Crippen molar-refractivity contribution in [3.63, 3.8) is 0 Å². The Labute approximate surface area is 226 Å². The molecule has 9 atom stereocenters. The van der Waals surface area contributed by atoms with Gasteiger partial charge in [0, 0.05) is 44.1 Å². The topological polar surface area (TPSA) is 120 Å². The second kappa shape index (κ2) is 10.1. The van der Waals surface area contributed by atoms with Gasteiger partial charge in [-0.05, 0) is 74.3 Å². The Bertz CT molecular complexity index is 967. The average Bonchev–Trinajstić information content (AvgIpc) is 3.17. The van der Waals surface area contributed by atoms with Gasteiger partial charge in [-0.25, -0.2) is 4.79 Å². The standard InChI is InChI=1S/C29H46N2O7/c1-18(31(11-12-37-4)26(35)30-9-13-38-14-10-30)19-6-8-29(36)21-15-23(32)22-16-24(33)25(34)17-27(22,2)20(21)5-7-28(19,29)3/h15,18-20,22,24-25,33-34,36H,5-14,16-17H2,1-4H3/t18?,19-,20?,22+,24-,25+,27-,28-,29-/m1/s1. The van der Waals surface area contributed by atoms with Gasteiger partial charge < -0.3 is 34.6 Å². The summed E-state index contributed by atoms with van der Waals surface area (Å²) < 4.78 is 10.8. The normalized spacial score (nSPS) is 43.6. The van der Waals surface area contributed by atoms with Gasteiger partial charge in [-0.15, -0.1) is 0 Å². The third-order valence-corrected chi connectivity index (χ3v) is 11.3. The second-order valence-corrected chi connectivity index (χ2v) is 13.0. The molecule has 3 saturated carbocycles. The smallest absolute Gasteiger partial charge is 0.320 e. The van der Waals surface area contributed by atoms with Crippen LogP contribution in [-0.4, -0.2) is 107 Å². The summed E-state index contributed by atoms with van der Waals surface area (Å²) in [5.41, 5.74) is -1.32. The molecule has 1 saturated heterocycles. The lowest BCUT2D eigenvalue weighted by atomic mass is 9.46. The number of hydrogen-bond acceptors (Lipinski definition) is 7. The van der Waals surface area contributed by atoms with E-state index in [0.29, 0.717) is 52.3 Å². The van der Waals surface area contributed by atoms with Crippen LogP contribution in [0.15, 0.2) is 11.6 Å². The van der Waals surface area contributed by atoms with Crippen LogP contribution in [0.4, 0.5) is 4.79 Å². The van der Waals surface area contributed by atoms with Crippen molar-refractivity contribution in [2.75, 3.05) is 46.6 Å². The van der Waals surface area contributed by atoms with Gasteiger partial charge in [0.25, 0.3) is 0 Å². The molecular formula is C29H46N2O7. The summed E-state index contributed by atoms with van der Waals surface area (Å²) in [6, 6.07) is -0.131. The number of ether oxygens (including phenoxy) is 2. The van der Waals surface area contributed by atoms with Crippen LogP contribution in [0.25, 0.3) is 0 Å². The van der Waals surface area contributed by atoms with E-state index in [1.807, 2.05) is 9.80 Å². The molecule has 1 aliphatic heterocycles. The number of carbonyl (C=O) groups excluding carboxylic acids is 2. The molecule has 0 aromatic heterocycles. The molecule has 38 heavy (non-hydrogen) atoms. The molecule has 4 fully saturated rings. The van der Waals surface area contributed by atoms with E-state index in [0.717, 1.165) is 24.8 Å². The number of aliphatic hydroxyl groups is 3. The van der Waals surface area contributed by atoms with Crippen LogP contribution >= 0.6 is 0 Å². The average molecular weight is 535 g/mol. The van der Waals surface area contributed by atoms with E-state index in [9.17, 15) is 24.9 Å². The maximum Gasteiger partial charge on any atom is 0.320 e. The summed E-state index contributed by atoms with van der Waals surface area (Å²) in [6.07, 6.45) is 3.46. The molecule has 214 valence electrons. The Morgan fingerprint density at radius 1 is 1.18 bits per heavy atom. The number of urea groups is 1. The summed E-state index contributed by atoms with van der Waals surface area (Å²) in [6.45, 7) is 9.42. The fraction of sp³-hybridized carbons (Fsp3) is 0.862. The predicted octanol–water partition coefficient (Wildman–Crippen LogP) is 1.98. The highest BCUT2D eigenvalue weighted by Gasteiger charge is 2.67. The number of rotatable bonds is 5. The maximum atomic E-state index is 13.7. The zero-order valence-electron chi connectivity index (χ0n) is 23.4. The summed E-state index contributed by atoms with van der Waals surface area (Å²) in [4.78, 5) is 30.8. The zero-order chi connectivity index (χ0) is 27.5. The van der Waals surface area contributed by atoms with Crippen molar-refractivity contribution < 1.29 is 34.4 Å². The maximum absolute atomic E-state index is 13.7. The zero-order valence-corrected chi connectivity index (χ0v) is 23.4. The summed E-state index contributed by atoms with van der Waals surface area (Å²) in [7, 11) is 1.64. The van der Waals surface area contributed by atoms with Crippen LogP contribution in [0.1, 0.15) is 59.3 Å². The fourth-order valence-corrected chi connectivity index (χ4v) is 9.00. The number of carbonyl (C=O) groups is 2. The van der Waals surface area contributed by atoms with Crippen LogP contribution in [-0.2, 0) is 14.3 Å². The van der Waals surface area contributed by atoms with E-state index in [-0.39, 0.29) is 42.0 Å². The van der Waals surface area contributed by atoms with Gasteiger partial charge in [-0.3, -0.25) is 4.79 Å². The molecule has 3 N–H and O–H groups in total.